The Hall–Kier alpha value is -1.85. The van der Waals surface area contributed by atoms with Crippen LogP contribution >= 0.6 is 0 Å². The molecule has 5 heteroatoms. The molecule has 0 amide bonds. The van der Waals surface area contributed by atoms with Crippen LogP contribution in [0.25, 0.3) is 11.3 Å². The number of ether oxygens (including phenoxy) is 1. The zero-order chi connectivity index (χ0) is 14.6. The van der Waals surface area contributed by atoms with E-state index in [2.05, 4.69) is 15.5 Å². The molecule has 2 aromatic rings. The first kappa shape index (κ1) is 14.6. The van der Waals surface area contributed by atoms with Gasteiger partial charge in [-0.25, -0.2) is 0 Å². The SMILES string of the molecule is COc1ccc(-c2[nH]ncc2CNCC(C)(C)O)cc1. The van der Waals surface area contributed by atoms with E-state index in [-0.39, 0.29) is 0 Å². The van der Waals surface area contributed by atoms with Gasteiger partial charge in [-0.2, -0.15) is 5.10 Å². The highest BCUT2D eigenvalue weighted by atomic mass is 16.5. The van der Waals surface area contributed by atoms with Gasteiger partial charge in [-0.05, 0) is 38.1 Å². The van der Waals surface area contributed by atoms with Crippen molar-refractivity contribution in [2.45, 2.75) is 26.0 Å². The Morgan fingerprint density at radius 1 is 1.30 bits per heavy atom. The molecule has 0 aliphatic heterocycles. The van der Waals surface area contributed by atoms with E-state index in [4.69, 9.17) is 4.74 Å². The van der Waals surface area contributed by atoms with Gasteiger partial charge in [0.1, 0.15) is 5.75 Å². The lowest BCUT2D eigenvalue weighted by Crippen LogP contribution is -2.34. The Bertz CT molecular complexity index is 541. The van der Waals surface area contributed by atoms with Crippen LogP contribution in [0.5, 0.6) is 5.75 Å². The maximum Gasteiger partial charge on any atom is 0.118 e. The number of H-pyrrole nitrogens is 1. The lowest BCUT2D eigenvalue weighted by molar-refractivity contribution is 0.0795. The van der Waals surface area contributed by atoms with Crippen LogP contribution in [0, 0.1) is 0 Å². The summed E-state index contributed by atoms with van der Waals surface area (Å²) < 4.78 is 5.15. The van der Waals surface area contributed by atoms with E-state index in [9.17, 15) is 5.11 Å². The van der Waals surface area contributed by atoms with Crippen LogP contribution in [0.2, 0.25) is 0 Å². The molecule has 108 valence electrons. The van der Waals surface area contributed by atoms with Gasteiger partial charge in [-0.15, -0.1) is 0 Å². The van der Waals surface area contributed by atoms with Crippen molar-refractivity contribution in [2.24, 2.45) is 0 Å². The van der Waals surface area contributed by atoms with Crippen LogP contribution in [-0.4, -0.2) is 34.6 Å². The summed E-state index contributed by atoms with van der Waals surface area (Å²) in [4.78, 5) is 0. The zero-order valence-electron chi connectivity index (χ0n) is 12.1. The highest BCUT2D eigenvalue weighted by Crippen LogP contribution is 2.23. The van der Waals surface area contributed by atoms with Crippen molar-refractivity contribution in [3.8, 4) is 17.0 Å². The third-order valence-corrected chi connectivity index (χ3v) is 2.97. The molecule has 0 spiro atoms. The van der Waals surface area contributed by atoms with Gasteiger partial charge < -0.3 is 15.2 Å². The van der Waals surface area contributed by atoms with Gasteiger partial charge in [0.05, 0.1) is 24.6 Å². The van der Waals surface area contributed by atoms with Crippen molar-refractivity contribution in [2.75, 3.05) is 13.7 Å². The number of rotatable bonds is 6. The Labute approximate surface area is 119 Å². The summed E-state index contributed by atoms with van der Waals surface area (Å²) in [5, 5.41) is 20.0. The molecule has 1 aromatic carbocycles. The predicted molar refractivity (Wildman–Crippen MR) is 78.6 cm³/mol. The van der Waals surface area contributed by atoms with Crippen molar-refractivity contribution in [1.82, 2.24) is 15.5 Å². The molecule has 0 bridgehead atoms. The summed E-state index contributed by atoms with van der Waals surface area (Å²) in [6.07, 6.45) is 1.80. The first-order chi connectivity index (χ1) is 9.49. The number of hydrogen-bond acceptors (Lipinski definition) is 4. The number of benzene rings is 1. The van der Waals surface area contributed by atoms with E-state index < -0.39 is 5.60 Å². The van der Waals surface area contributed by atoms with Crippen molar-refractivity contribution < 1.29 is 9.84 Å². The van der Waals surface area contributed by atoms with Crippen LogP contribution in [0.4, 0.5) is 0 Å². The number of nitrogens with zero attached hydrogens (tertiary/aromatic N) is 1. The molecule has 0 aliphatic carbocycles. The first-order valence-electron chi connectivity index (χ1n) is 6.59. The molecular weight excluding hydrogens is 254 g/mol. The third kappa shape index (κ3) is 3.82. The average molecular weight is 275 g/mol. The summed E-state index contributed by atoms with van der Waals surface area (Å²) in [7, 11) is 1.65. The van der Waals surface area contributed by atoms with Gasteiger partial charge in [0.2, 0.25) is 0 Å². The highest BCUT2D eigenvalue weighted by molar-refractivity contribution is 5.63. The van der Waals surface area contributed by atoms with Crippen LogP contribution in [0.3, 0.4) is 0 Å². The number of aromatic nitrogens is 2. The molecule has 0 saturated heterocycles. The Balaban J connectivity index is 2.07. The molecular formula is C15H21N3O2. The first-order valence-corrected chi connectivity index (χ1v) is 6.59. The summed E-state index contributed by atoms with van der Waals surface area (Å²) in [6.45, 7) is 4.74. The fourth-order valence-electron chi connectivity index (χ4n) is 1.96. The molecule has 1 aromatic heterocycles. The summed E-state index contributed by atoms with van der Waals surface area (Å²) >= 11 is 0. The van der Waals surface area contributed by atoms with Gasteiger partial charge in [0.25, 0.3) is 0 Å². The number of nitrogens with one attached hydrogen (secondary N) is 2. The number of aromatic amines is 1. The minimum Gasteiger partial charge on any atom is -0.497 e. The van der Waals surface area contributed by atoms with Crippen LogP contribution in [0.1, 0.15) is 19.4 Å². The molecule has 0 aliphatic rings. The highest BCUT2D eigenvalue weighted by Gasteiger charge is 2.13. The van der Waals surface area contributed by atoms with Crippen LogP contribution in [0.15, 0.2) is 30.5 Å². The van der Waals surface area contributed by atoms with Gasteiger partial charge in [-0.1, -0.05) is 0 Å². The number of methoxy groups -OCH3 is 1. The second-order valence-electron chi connectivity index (χ2n) is 5.41. The van der Waals surface area contributed by atoms with Crippen molar-refractivity contribution in [1.29, 1.82) is 0 Å². The molecule has 3 N–H and O–H groups in total. The minimum absolute atomic E-state index is 0.528. The second kappa shape index (κ2) is 6.07. The monoisotopic (exact) mass is 275 g/mol. The van der Waals surface area contributed by atoms with Gasteiger partial charge in [-0.3, -0.25) is 5.10 Å². The van der Waals surface area contributed by atoms with Gasteiger partial charge in [0.15, 0.2) is 0 Å². The maximum atomic E-state index is 9.69. The average Bonchev–Trinajstić information content (AvgIpc) is 2.86. The fourth-order valence-corrected chi connectivity index (χ4v) is 1.96. The van der Waals surface area contributed by atoms with E-state index in [1.54, 1.807) is 27.2 Å². The smallest absolute Gasteiger partial charge is 0.118 e. The molecule has 1 heterocycles. The second-order valence-corrected chi connectivity index (χ2v) is 5.41. The van der Waals surface area contributed by atoms with Crippen molar-refractivity contribution >= 4 is 0 Å². The van der Waals surface area contributed by atoms with Crippen LogP contribution in [-0.2, 0) is 6.54 Å². The van der Waals surface area contributed by atoms with Crippen molar-refractivity contribution in [3.05, 3.63) is 36.0 Å². The summed E-state index contributed by atoms with van der Waals surface area (Å²) in [5.74, 6) is 0.829. The summed E-state index contributed by atoms with van der Waals surface area (Å²) in [5.41, 5.74) is 2.39. The van der Waals surface area contributed by atoms with Gasteiger partial charge >= 0.3 is 0 Å². The Kier molecular flexibility index (Phi) is 4.42. The molecule has 0 saturated carbocycles. The van der Waals surface area contributed by atoms with E-state index in [1.165, 1.54) is 0 Å². The Morgan fingerprint density at radius 3 is 2.60 bits per heavy atom. The van der Waals surface area contributed by atoms with Crippen LogP contribution < -0.4 is 10.1 Å². The molecule has 2 rings (SSSR count). The molecule has 5 nitrogen and oxygen atoms in total. The number of aliphatic hydroxyl groups is 1. The molecule has 20 heavy (non-hydrogen) atoms. The van der Waals surface area contributed by atoms with E-state index in [0.717, 1.165) is 22.6 Å². The lowest BCUT2D eigenvalue weighted by atomic mass is 10.1. The molecule has 0 atom stereocenters. The van der Waals surface area contributed by atoms with E-state index in [0.29, 0.717) is 13.1 Å². The molecule has 0 fully saturated rings. The summed E-state index contributed by atoms with van der Waals surface area (Å²) in [6, 6.07) is 7.83. The fraction of sp³-hybridized carbons (Fsp3) is 0.400. The predicted octanol–water partition coefficient (Wildman–Crippen LogP) is 1.95. The third-order valence-electron chi connectivity index (χ3n) is 2.97. The normalized spacial score (nSPS) is 11.6. The molecule has 0 unspecified atom stereocenters. The van der Waals surface area contributed by atoms with E-state index in [1.807, 2.05) is 24.3 Å². The lowest BCUT2D eigenvalue weighted by Gasteiger charge is -2.17. The minimum atomic E-state index is -0.718. The van der Waals surface area contributed by atoms with E-state index >= 15 is 0 Å². The quantitative estimate of drug-likeness (QED) is 0.753. The van der Waals surface area contributed by atoms with Crippen molar-refractivity contribution in [3.63, 3.8) is 0 Å². The number of hydrogen-bond donors (Lipinski definition) is 3. The van der Waals surface area contributed by atoms with Gasteiger partial charge in [0, 0.05) is 24.2 Å². The largest absolute Gasteiger partial charge is 0.497 e. The maximum absolute atomic E-state index is 9.69. The zero-order valence-corrected chi connectivity index (χ0v) is 12.1. The Morgan fingerprint density at radius 2 is 2.00 bits per heavy atom. The topological polar surface area (TPSA) is 70.2 Å². The standard InChI is InChI=1S/C15H21N3O2/c1-15(2,19)10-16-8-12-9-17-18-14(12)11-4-6-13(20-3)7-5-11/h4-7,9,16,19H,8,10H2,1-3H3,(H,17,18). The molecule has 0 radical (unpaired) electrons.